The Kier molecular flexibility index (Phi) is 4.46. The smallest absolute Gasteiger partial charge is 0.303 e. The number of hydrogen-bond acceptors (Lipinski definition) is 5. The van der Waals surface area contributed by atoms with Gasteiger partial charge in [-0.25, -0.2) is 0 Å². The molecule has 5 nitrogen and oxygen atoms in total. The number of rotatable bonds is 3. The van der Waals surface area contributed by atoms with Crippen LogP contribution in [0.1, 0.15) is 59.3 Å². The second kappa shape index (κ2) is 6.38. The van der Waals surface area contributed by atoms with Crippen molar-refractivity contribution in [2.24, 2.45) is 28.6 Å². The molecule has 4 aliphatic rings. The molecule has 152 valence electrons. The van der Waals surface area contributed by atoms with Crippen molar-refractivity contribution in [2.45, 2.75) is 64.9 Å². The molecular formula is C23H30O5. The summed E-state index contributed by atoms with van der Waals surface area (Å²) in [6, 6.07) is 0. The highest BCUT2D eigenvalue weighted by molar-refractivity contribution is 6.01. The average Bonchev–Trinajstić information content (AvgIpc) is 2.94. The molecule has 0 aromatic carbocycles. The maximum Gasteiger partial charge on any atom is 0.303 e. The van der Waals surface area contributed by atoms with Crippen LogP contribution in [0, 0.1) is 28.6 Å². The van der Waals surface area contributed by atoms with E-state index < -0.39 is 23.6 Å². The molecule has 28 heavy (non-hydrogen) atoms. The molecule has 3 saturated carbocycles. The van der Waals surface area contributed by atoms with Gasteiger partial charge in [-0.15, -0.1) is 0 Å². The summed E-state index contributed by atoms with van der Waals surface area (Å²) >= 11 is 0. The van der Waals surface area contributed by atoms with Gasteiger partial charge in [-0.1, -0.05) is 25.5 Å². The zero-order valence-electron chi connectivity index (χ0n) is 17.0. The van der Waals surface area contributed by atoms with E-state index in [1.165, 1.54) is 12.5 Å². The summed E-state index contributed by atoms with van der Waals surface area (Å²) in [5.41, 5.74) is -0.531. The van der Waals surface area contributed by atoms with Gasteiger partial charge in [0.25, 0.3) is 0 Å². The van der Waals surface area contributed by atoms with Crippen molar-refractivity contribution in [3.8, 4) is 0 Å². The summed E-state index contributed by atoms with van der Waals surface area (Å²) in [4.78, 5) is 36.6. The third-order valence-corrected chi connectivity index (χ3v) is 8.59. The molecule has 0 heterocycles. The zero-order chi connectivity index (χ0) is 20.3. The molecule has 0 bridgehead atoms. The van der Waals surface area contributed by atoms with Crippen LogP contribution in [0.4, 0.5) is 0 Å². The van der Waals surface area contributed by atoms with Crippen molar-refractivity contribution in [1.82, 2.24) is 0 Å². The van der Waals surface area contributed by atoms with E-state index >= 15 is 0 Å². The first-order valence-corrected chi connectivity index (χ1v) is 10.5. The Hall–Kier alpha value is -1.75. The van der Waals surface area contributed by atoms with Gasteiger partial charge in [-0.2, -0.15) is 0 Å². The molecule has 0 aliphatic heterocycles. The first-order valence-electron chi connectivity index (χ1n) is 10.5. The maximum atomic E-state index is 12.8. The summed E-state index contributed by atoms with van der Waals surface area (Å²) < 4.78 is 5.73. The number of ketones is 2. The fourth-order valence-corrected chi connectivity index (χ4v) is 7.25. The summed E-state index contributed by atoms with van der Waals surface area (Å²) in [7, 11) is 0. The number of carbonyl (C=O) groups is 3. The van der Waals surface area contributed by atoms with Gasteiger partial charge in [0, 0.05) is 17.8 Å². The fourth-order valence-electron chi connectivity index (χ4n) is 7.25. The first kappa shape index (κ1) is 19.6. The average molecular weight is 386 g/mol. The minimum atomic E-state index is -1.21. The van der Waals surface area contributed by atoms with Crippen LogP contribution in [0.5, 0.6) is 0 Å². The van der Waals surface area contributed by atoms with E-state index in [0.29, 0.717) is 18.3 Å². The highest BCUT2D eigenvalue weighted by Gasteiger charge is 2.68. The van der Waals surface area contributed by atoms with Crippen LogP contribution in [0.15, 0.2) is 23.8 Å². The van der Waals surface area contributed by atoms with E-state index in [0.717, 1.165) is 32.1 Å². The van der Waals surface area contributed by atoms with Gasteiger partial charge in [-0.05, 0) is 68.4 Å². The van der Waals surface area contributed by atoms with Crippen LogP contribution >= 0.6 is 0 Å². The van der Waals surface area contributed by atoms with Crippen LogP contribution in [-0.4, -0.2) is 34.9 Å². The van der Waals surface area contributed by atoms with Gasteiger partial charge in [0.1, 0.15) is 6.61 Å². The number of Topliss-reactive ketones (excluding diaryl/α,β-unsaturated/α-hetero) is 1. The standard InChI is InChI=1S/C23H30O5/c1-14(25)28-23(20(27)13-24)11-8-19-17-5-4-15-12-16(26)6-9-21(15,2)18(17)7-10-22(19,23)3/h6,9,12,17-19,24H,4-5,7-8,10-11,13H2,1-3H3/t17-,18+,19+,21+,22+,23+/m1/s1. The molecule has 1 N–H and O–H groups in total. The van der Waals surface area contributed by atoms with Gasteiger partial charge < -0.3 is 9.84 Å². The number of aliphatic hydroxyl groups is 1. The van der Waals surface area contributed by atoms with Crippen molar-refractivity contribution < 1.29 is 24.2 Å². The third-order valence-electron chi connectivity index (χ3n) is 8.59. The lowest BCUT2D eigenvalue weighted by Gasteiger charge is -2.58. The quantitative estimate of drug-likeness (QED) is 0.754. The number of allylic oxidation sites excluding steroid dienone is 4. The maximum absolute atomic E-state index is 12.8. The van der Waals surface area contributed by atoms with E-state index in [2.05, 4.69) is 19.9 Å². The topological polar surface area (TPSA) is 80.7 Å². The lowest BCUT2D eigenvalue weighted by molar-refractivity contribution is -0.189. The summed E-state index contributed by atoms with van der Waals surface area (Å²) in [5, 5.41) is 9.64. The predicted octanol–water partition coefficient (Wildman–Crippen LogP) is 3.16. The Morgan fingerprint density at radius 1 is 1.18 bits per heavy atom. The van der Waals surface area contributed by atoms with Gasteiger partial charge in [0.2, 0.25) is 5.78 Å². The molecule has 0 aromatic rings. The number of ether oxygens (including phenoxy) is 1. The molecule has 0 unspecified atom stereocenters. The molecule has 5 heteroatoms. The Balaban J connectivity index is 1.71. The minimum absolute atomic E-state index is 0.0786. The van der Waals surface area contributed by atoms with Crippen molar-refractivity contribution in [3.63, 3.8) is 0 Å². The second-order valence-corrected chi connectivity index (χ2v) is 9.60. The lowest BCUT2D eigenvalue weighted by atomic mass is 9.47. The summed E-state index contributed by atoms with van der Waals surface area (Å²) in [5.74, 6) is 0.368. The van der Waals surface area contributed by atoms with Crippen LogP contribution in [0.2, 0.25) is 0 Å². The largest absolute Gasteiger partial charge is 0.451 e. The Bertz CT molecular complexity index is 795. The Morgan fingerprint density at radius 3 is 2.57 bits per heavy atom. The highest BCUT2D eigenvalue weighted by atomic mass is 16.6. The first-order chi connectivity index (χ1) is 13.2. The second-order valence-electron chi connectivity index (χ2n) is 9.60. The van der Waals surface area contributed by atoms with Crippen molar-refractivity contribution in [2.75, 3.05) is 6.61 Å². The molecular weight excluding hydrogens is 356 g/mol. The van der Waals surface area contributed by atoms with Gasteiger partial charge in [-0.3, -0.25) is 14.4 Å². The Morgan fingerprint density at radius 2 is 1.89 bits per heavy atom. The third kappa shape index (κ3) is 2.44. The summed E-state index contributed by atoms with van der Waals surface area (Å²) in [6.07, 6.45) is 10.5. The fraction of sp³-hybridized carbons (Fsp3) is 0.696. The molecule has 0 radical (unpaired) electrons. The number of esters is 1. The molecule has 0 spiro atoms. The SMILES string of the molecule is CC(=O)O[C@]1(C(=O)CO)CC[C@H]2[C@@H]3CCC4=CC(=O)C=C[C@]4(C)[C@H]3CC[C@@]21C. The normalized spacial score (nSPS) is 44.2. The molecule has 6 atom stereocenters. The van der Waals surface area contributed by atoms with Gasteiger partial charge in [0.05, 0.1) is 0 Å². The van der Waals surface area contributed by atoms with Crippen molar-refractivity contribution in [1.29, 1.82) is 0 Å². The van der Waals surface area contributed by atoms with Crippen molar-refractivity contribution in [3.05, 3.63) is 23.8 Å². The number of fused-ring (bicyclic) bond motifs is 5. The lowest BCUT2D eigenvalue weighted by Crippen LogP contribution is -2.59. The Labute approximate surface area is 166 Å². The van der Waals surface area contributed by atoms with E-state index in [1.54, 1.807) is 6.08 Å². The van der Waals surface area contributed by atoms with Crippen LogP contribution < -0.4 is 0 Å². The van der Waals surface area contributed by atoms with E-state index in [4.69, 9.17) is 4.74 Å². The number of hydrogen-bond donors (Lipinski definition) is 1. The van der Waals surface area contributed by atoms with Gasteiger partial charge >= 0.3 is 5.97 Å². The predicted molar refractivity (Wildman–Crippen MR) is 103 cm³/mol. The molecule has 3 fully saturated rings. The summed E-state index contributed by atoms with van der Waals surface area (Å²) in [6.45, 7) is 5.08. The van der Waals surface area contributed by atoms with Crippen LogP contribution in [-0.2, 0) is 19.1 Å². The molecule has 0 aromatic heterocycles. The van der Waals surface area contributed by atoms with Crippen LogP contribution in [0.25, 0.3) is 0 Å². The molecule has 0 amide bonds. The van der Waals surface area contributed by atoms with E-state index in [1.807, 2.05) is 6.08 Å². The number of aliphatic hydroxyl groups excluding tert-OH is 1. The van der Waals surface area contributed by atoms with Crippen LogP contribution in [0.3, 0.4) is 0 Å². The highest BCUT2D eigenvalue weighted by Crippen LogP contribution is 2.67. The number of carbonyl (C=O) groups excluding carboxylic acids is 3. The van der Waals surface area contributed by atoms with E-state index in [9.17, 15) is 19.5 Å². The molecule has 4 rings (SSSR count). The zero-order valence-corrected chi connectivity index (χ0v) is 17.0. The molecule has 0 saturated heterocycles. The van der Waals surface area contributed by atoms with Gasteiger partial charge in [0.15, 0.2) is 11.4 Å². The van der Waals surface area contributed by atoms with Crippen molar-refractivity contribution >= 4 is 17.5 Å². The molecule has 4 aliphatic carbocycles. The minimum Gasteiger partial charge on any atom is -0.451 e. The monoisotopic (exact) mass is 386 g/mol. The van der Waals surface area contributed by atoms with E-state index in [-0.39, 0.29) is 22.9 Å².